The number of aromatic nitrogens is 2. The second-order valence-electron chi connectivity index (χ2n) is 9.19. The van der Waals surface area contributed by atoms with Crippen LogP contribution in [0.5, 0.6) is 0 Å². The van der Waals surface area contributed by atoms with Gasteiger partial charge in [0, 0.05) is 77.6 Å². The molecule has 2 unspecified atom stereocenters. The molecule has 0 amide bonds. The number of benzene rings is 1. The first-order valence-corrected chi connectivity index (χ1v) is 12.1. The van der Waals surface area contributed by atoms with Crippen LogP contribution in [0.4, 0.5) is 0 Å². The molecule has 32 heavy (non-hydrogen) atoms. The number of likely N-dealkylation sites (N-methyl/N-ethyl adjacent to an activating group) is 1. The number of aliphatic imine (C=N–C) groups is 1. The Morgan fingerprint density at radius 1 is 1.09 bits per heavy atom. The fraction of sp³-hybridized carbons (Fsp3) is 0.600. The van der Waals surface area contributed by atoms with Gasteiger partial charge in [-0.05, 0) is 37.9 Å². The number of guanidine groups is 1. The molecule has 0 radical (unpaired) electrons. The maximum absolute atomic E-state index is 5.00. The topological polar surface area (TPSA) is 51.9 Å². The molecule has 3 heterocycles. The first-order valence-electron chi connectivity index (χ1n) is 12.1. The number of hydrogen-bond acceptors (Lipinski definition) is 4. The van der Waals surface area contributed by atoms with Crippen molar-refractivity contribution in [2.24, 2.45) is 12.0 Å². The van der Waals surface area contributed by atoms with E-state index in [1.54, 1.807) is 0 Å². The normalized spacial score (nSPS) is 23.1. The van der Waals surface area contributed by atoms with Gasteiger partial charge in [0.05, 0.1) is 6.20 Å². The van der Waals surface area contributed by atoms with Crippen molar-refractivity contribution in [1.29, 1.82) is 0 Å². The molecule has 1 aromatic carbocycles. The lowest BCUT2D eigenvalue weighted by Crippen LogP contribution is -2.47. The van der Waals surface area contributed by atoms with E-state index in [0.717, 1.165) is 71.2 Å². The van der Waals surface area contributed by atoms with E-state index in [9.17, 15) is 0 Å². The van der Waals surface area contributed by atoms with Gasteiger partial charge in [-0.25, -0.2) is 0 Å². The molecule has 0 bridgehead atoms. The smallest absolute Gasteiger partial charge is 0.193 e. The maximum Gasteiger partial charge on any atom is 0.193 e. The Morgan fingerprint density at radius 2 is 1.94 bits per heavy atom. The van der Waals surface area contributed by atoms with E-state index in [-0.39, 0.29) is 0 Å². The minimum Gasteiger partial charge on any atom is -0.357 e. The van der Waals surface area contributed by atoms with Gasteiger partial charge in [0.1, 0.15) is 0 Å². The van der Waals surface area contributed by atoms with Crippen LogP contribution in [-0.2, 0) is 7.05 Å². The summed E-state index contributed by atoms with van der Waals surface area (Å²) < 4.78 is 1.90. The lowest BCUT2D eigenvalue weighted by molar-refractivity contribution is 0.0894. The molecular weight excluding hydrogens is 398 g/mol. The van der Waals surface area contributed by atoms with Crippen molar-refractivity contribution in [2.45, 2.75) is 31.7 Å². The molecule has 7 nitrogen and oxygen atoms in total. The molecule has 2 aromatic rings. The molecule has 1 aromatic heterocycles. The standard InChI is InChI=1S/C25H39N7/c1-4-26-25(32-14-11-22(19-32)23-17-28-30(3)18-23)27-12-8-13-31-16-15-29(2)20-24(31)21-9-6-5-7-10-21/h5-7,9-10,17-18,22,24H,4,8,11-16,19-20H2,1-3H3,(H,26,27). The van der Waals surface area contributed by atoms with Crippen LogP contribution in [-0.4, -0.2) is 89.8 Å². The number of piperazine rings is 1. The molecule has 2 saturated heterocycles. The van der Waals surface area contributed by atoms with Crippen molar-refractivity contribution in [3.8, 4) is 0 Å². The highest BCUT2D eigenvalue weighted by molar-refractivity contribution is 5.80. The summed E-state index contributed by atoms with van der Waals surface area (Å²) in [5.74, 6) is 1.61. The quantitative estimate of drug-likeness (QED) is 0.410. The number of likely N-dealkylation sites (tertiary alicyclic amines) is 1. The summed E-state index contributed by atoms with van der Waals surface area (Å²) in [7, 11) is 4.22. The summed E-state index contributed by atoms with van der Waals surface area (Å²) in [5.41, 5.74) is 2.77. The third-order valence-corrected chi connectivity index (χ3v) is 6.76. The van der Waals surface area contributed by atoms with Gasteiger partial charge in [-0.1, -0.05) is 30.3 Å². The minimum absolute atomic E-state index is 0.478. The predicted octanol–water partition coefficient (Wildman–Crippen LogP) is 2.55. The Kier molecular flexibility index (Phi) is 7.81. The fourth-order valence-corrected chi connectivity index (χ4v) is 4.98. The van der Waals surface area contributed by atoms with Crippen LogP contribution in [0.1, 0.15) is 42.9 Å². The zero-order chi connectivity index (χ0) is 22.3. The van der Waals surface area contributed by atoms with E-state index in [2.05, 4.69) is 75.6 Å². The second-order valence-corrected chi connectivity index (χ2v) is 9.19. The summed E-state index contributed by atoms with van der Waals surface area (Å²) in [5, 5.41) is 7.87. The van der Waals surface area contributed by atoms with Crippen molar-refractivity contribution >= 4 is 5.96 Å². The molecule has 7 heteroatoms. The number of rotatable bonds is 7. The van der Waals surface area contributed by atoms with Crippen LogP contribution in [0, 0.1) is 0 Å². The van der Waals surface area contributed by atoms with E-state index in [1.807, 2.05) is 17.9 Å². The van der Waals surface area contributed by atoms with Crippen LogP contribution in [0.25, 0.3) is 0 Å². The number of hydrogen-bond donors (Lipinski definition) is 1. The highest BCUT2D eigenvalue weighted by Gasteiger charge is 2.28. The molecule has 2 atom stereocenters. The summed E-state index contributed by atoms with van der Waals surface area (Å²) >= 11 is 0. The third-order valence-electron chi connectivity index (χ3n) is 6.76. The largest absolute Gasteiger partial charge is 0.357 e. The Balaban J connectivity index is 1.32. The first kappa shape index (κ1) is 22.8. The van der Waals surface area contributed by atoms with E-state index in [0.29, 0.717) is 12.0 Å². The van der Waals surface area contributed by atoms with E-state index >= 15 is 0 Å². The molecule has 0 aliphatic carbocycles. The third kappa shape index (κ3) is 5.70. The first-order chi connectivity index (χ1) is 15.6. The SMILES string of the molecule is CCNC(=NCCCN1CCN(C)CC1c1ccccc1)N1CCC(c2cnn(C)c2)C1. The maximum atomic E-state index is 5.00. The second kappa shape index (κ2) is 11.0. The average molecular weight is 438 g/mol. The van der Waals surface area contributed by atoms with Gasteiger partial charge < -0.3 is 15.1 Å². The van der Waals surface area contributed by atoms with E-state index in [1.165, 1.54) is 11.1 Å². The molecule has 1 N–H and O–H groups in total. The Morgan fingerprint density at radius 3 is 2.69 bits per heavy atom. The van der Waals surface area contributed by atoms with Gasteiger partial charge in [-0.15, -0.1) is 0 Å². The molecule has 2 aliphatic heterocycles. The monoisotopic (exact) mass is 437 g/mol. The van der Waals surface area contributed by atoms with Crippen molar-refractivity contribution in [1.82, 2.24) is 29.8 Å². The van der Waals surface area contributed by atoms with Crippen LogP contribution in [0.2, 0.25) is 0 Å². The predicted molar refractivity (Wildman–Crippen MR) is 131 cm³/mol. The highest BCUT2D eigenvalue weighted by Crippen LogP contribution is 2.27. The van der Waals surface area contributed by atoms with Crippen LogP contribution in [0.15, 0.2) is 47.7 Å². The summed E-state index contributed by atoms with van der Waals surface area (Å²) in [4.78, 5) is 12.5. The molecular formula is C25H39N7. The van der Waals surface area contributed by atoms with E-state index < -0.39 is 0 Å². The van der Waals surface area contributed by atoms with Crippen molar-refractivity contribution in [3.05, 3.63) is 53.9 Å². The zero-order valence-corrected chi connectivity index (χ0v) is 20.0. The van der Waals surface area contributed by atoms with Gasteiger partial charge in [-0.2, -0.15) is 5.10 Å². The van der Waals surface area contributed by atoms with Gasteiger partial charge in [0.2, 0.25) is 0 Å². The summed E-state index contributed by atoms with van der Waals surface area (Å²) in [6, 6.07) is 11.4. The Bertz CT molecular complexity index is 862. The molecule has 4 rings (SSSR count). The van der Waals surface area contributed by atoms with Gasteiger partial charge in [-0.3, -0.25) is 14.6 Å². The molecule has 0 spiro atoms. The van der Waals surface area contributed by atoms with Crippen LogP contribution >= 0.6 is 0 Å². The molecule has 174 valence electrons. The summed E-state index contributed by atoms with van der Waals surface area (Å²) in [6.45, 7) is 10.4. The van der Waals surface area contributed by atoms with Crippen LogP contribution < -0.4 is 5.32 Å². The fourth-order valence-electron chi connectivity index (χ4n) is 4.98. The lowest BCUT2D eigenvalue weighted by Gasteiger charge is -2.40. The summed E-state index contributed by atoms with van der Waals surface area (Å²) in [6.07, 6.45) is 6.41. The number of nitrogens with one attached hydrogen (secondary N) is 1. The Labute approximate surface area is 193 Å². The molecule has 0 saturated carbocycles. The van der Waals surface area contributed by atoms with Crippen LogP contribution in [0.3, 0.4) is 0 Å². The van der Waals surface area contributed by atoms with Crippen molar-refractivity contribution in [3.63, 3.8) is 0 Å². The molecule has 2 aliphatic rings. The lowest BCUT2D eigenvalue weighted by atomic mass is 10.0. The average Bonchev–Trinajstić information content (AvgIpc) is 3.46. The highest BCUT2D eigenvalue weighted by atomic mass is 15.3. The van der Waals surface area contributed by atoms with Gasteiger partial charge in [0.25, 0.3) is 0 Å². The van der Waals surface area contributed by atoms with Gasteiger partial charge in [0.15, 0.2) is 5.96 Å². The van der Waals surface area contributed by atoms with Gasteiger partial charge >= 0.3 is 0 Å². The van der Waals surface area contributed by atoms with Crippen molar-refractivity contribution in [2.75, 3.05) is 59.4 Å². The zero-order valence-electron chi connectivity index (χ0n) is 20.0. The van der Waals surface area contributed by atoms with Crippen molar-refractivity contribution < 1.29 is 0 Å². The number of aryl methyl sites for hydroxylation is 1. The number of nitrogens with zero attached hydrogens (tertiary/aromatic N) is 6. The Hall–Kier alpha value is -2.38. The minimum atomic E-state index is 0.478. The molecule has 2 fully saturated rings. The van der Waals surface area contributed by atoms with E-state index in [4.69, 9.17) is 4.99 Å².